The molecule has 0 aromatic heterocycles. The van der Waals surface area contributed by atoms with Crippen LogP contribution in [0.25, 0.3) is 0 Å². The number of aliphatic hydroxyl groups is 1. The molecule has 9 heteroatoms. The number of unbranched alkanes of at least 4 members (excludes halogenated alkanes) is 2. The van der Waals surface area contributed by atoms with Gasteiger partial charge in [-0.2, -0.15) is 0 Å². The third kappa shape index (κ3) is 4.92. The van der Waals surface area contributed by atoms with Crippen LogP contribution in [0.15, 0.2) is 17.0 Å². The molecular weight excluding hydrogens is 320 g/mol. The minimum absolute atomic E-state index is 0.0647. The molecule has 118 valence electrons. The first-order chi connectivity index (χ1) is 9.79. The van der Waals surface area contributed by atoms with Crippen molar-refractivity contribution >= 4 is 27.3 Å². The lowest BCUT2D eigenvalue weighted by molar-refractivity contribution is -0.384. The van der Waals surface area contributed by atoms with Crippen LogP contribution in [0.3, 0.4) is 0 Å². The Morgan fingerprint density at radius 2 is 2.00 bits per heavy atom. The van der Waals surface area contributed by atoms with Gasteiger partial charge in [-0.05, 0) is 37.8 Å². The van der Waals surface area contributed by atoms with Gasteiger partial charge in [-0.25, -0.2) is 13.1 Å². The molecule has 0 amide bonds. The molecule has 0 fully saturated rings. The van der Waals surface area contributed by atoms with Gasteiger partial charge in [0.1, 0.15) is 5.02 Å². The van der Waals surface area contributed by atoms with E-state index >= 15 is 0 Å². The van der Waals surface area contributed by atoms with Crippen LogP contribution >= 0.6 is 11.6 Å². The summed E-state index contributed by atoms with van der Waals surface area (Å²) in [6.45, 7) is 1.80. The second kappa shape index (κ2) is 7.69. The van der Waals surface area contributed by atoms with Crippen LogP contribution in [-0.2, 0) is 10.0 Å². The molecule has 1 rings (SSSR count). The summed E-state index contributed by atoms with van der Waals surface area (Å²) in [7, 11) is -3.83. The molecular formula is C12H17ClN2O5S. The molecule has 0 aliphatic carbocycles. The van der Waals surface area contributed by atoms with E-state index < -0.39 is 20.6 Å². The summed E-state index contributed by atoms with van der Waals surface area (Å²) in [6, 6.07) is 2.23. The summed E-state index contributed by atoms with van der Waals surface area (Å²) in [4.78, 5) is 9.95. The summed E-state index contributed by atoms with van der Waals surface area (Å²) >= 11 is 5.73. The van der Waals surface area contributed by atoms with Crippen molar-refractivity contribution in [2.24, 2.45) is 0 Å². The van der Waals surface area contributed by atoms with E-state index in [2.05, 4.69) is 4.72 Å². The van der Waals surface area contributed by atoms with Crippen LogP contribution in [0.2, 0.25) is 5.02 Å². The smallest absolute Gasteiger partial charge is 0.289 e. The van der Waals surface area contributed by atoms with Crippen LogP contribution in [0.4, 0.5) is 5.69 Å². The average molecular weight is 337 g/mol. The maximum absolute atomic E-state index is 12.1. The maximum Gasteiger partial charge on any atom is 0.289 e. The highest BCUT2D eigenvalue weighted by atomic mass is 35.5. The summed E-state index contributed by atoms with van der Waals surface area (Å²) in [5.41, 5.74) is -0.101. The second-order valence-corrected chi connectivity index (χ2v) is 6.65. The van der Waals surface area contributed by atoms with Gasteiger partial charge in [0.05, 0.1) is 9.82 Å². The normalized spacial score (nSPS) is 11.6. The number of halogens is 1. The van der Waals surface area contributed by atoms with Crippen molar-refractivity contribution in [3.8, 4) is 0 Å². The SMILES string of the molecule is Cc1cc(Cl)c([N+](=O)[O-])cc1S(=O)(=O)NCCCCCO. The molecule has 0 bridgehead atoms. The van der Waals surface area contributed by atoms with Gasteiger partial charge in [-0.1, -0.05) is 11.6 Å². The summed E-state index contributed by atoms with van der Waals surface area (Å²) in [5, 5.41) is 19.4. The Morgan fingerprint density at radius 1 is 1.33 bits per heavy atom. The van der Waals surface area contributed by atoms with Gasteiger partial charge in [0.25, 0.3) is 5.69 Å². The number of sulfonamides is 1. The minimum atomic E-state index is -3.83. The monoisotopic (exact) mass is 336 g/mol. The van der Waals surface area contributed by atoms with E-state index in [0.29, 0.717) is 24.8 Å². The third-order valence-corrected chi connectivity index (χ3v) is 4.76. The van der Waals surface area contributed by atoms with E-state index in [0.717, 1.165) is 6.07 Å². The lowest BCUT2D eigenvalue weighted by Gasteiger charge is -2.09. The van der Waals surface area contributed by atoms with Crippen LogP contribution in [0.1, 0.15) is 24.8 Å². The van der Waals surface area contributed by atoms with Crippen molar-refractivity contribution in [2.45, 2.75) is 31.1 Å². The van der Waals surface area contributed by atoms with Crippen molar-refractivity contribution < 1.29 is 18.4 Å². The number of hydrogen-bond acceptors (Lipinski definition) is 5. The lowest BCUT2D eigenvalue weighted by Crippen LogP contribution is -2.25. The van der Waals surface area contributed by atoms with E-state index in [1.165, 1.54) is 13.0 Å². The zero-order valence-electron chi connectivity index (χ0n) is 11.5. The Labute approximate surface area is 128 Å². The Balaban J connectivity index is 2.92. The number of aryl methyl sites for hydroxylation is 1. The van der Waals surface area contributed by atoms with Gasteiger partial charge < -0.3 is 5.11 Å². The molecule has 0 aliphatic heterocycles. The average Bonchev–Trinajstić information content (AvgIpc) is 2.37. The highest BCUT2D eigenvalue weighted by Gasteiger charge is 2.23. The number of nitrogens with zero attached hydrogens (tertiary/aromatic N) is 1. The third-order valence-electron chi connectivity index (χ3n) is 2.86. The van der Waals surface area contributed by atoms with E-state index in [4.69, 9.17) is 16.7 Å². The molecule has 1 aromatic carbocycles. The molecule has 1 aromatic rings. The lowest BCUT2D eigenvalue weighted by atomic mass is 10.2. The van der Waals surface area contributed by atoms with Gasteiger partial charge in [0.2, 0.25) is 10.0 Å². The molecule has 2 N–H and O–H groups in total. The molecule has 0 heterocycles. The van der Waals surface area contributed by atoms with Crippen LogP contribution in [0, 0.1) is 17.0 Å². The largest absolute Gasteiger partial charge is 0.396 e. The highest BCUT2D eigenvalue weighted by Crippen LogP contribution is 2.29. The number of nitrogens with one attached hydrogen (secondary N) is 1. The van der Waals surface area contributed by atoms with E-state index in [1.807, 2.05) is 0 Å². The van der Waals surface area contributed by atoms with Crippen LogP contribution in [-0.4, -0.2) is 31.6 Å². The standard InChI is InChI=1S/C12H17ClN2O5S/c1-9-7-10(13)11(15(17)18)8-12(9)21(19,20)14-5-3-2-4-6-16/h7-8,14,16H,2-6H2,1H3. The molecule has 0 atom stereocenters. The number of benzene rings is 1. The van der Waals surface area contributed by atoms with Crippen molar-refractivity contribution in [3.63, 3.8) is 0 Å². The number of aliphatic hydroxyl groups excluding tert-OH is 1. The number of nitro benzene ring substituents is 1. The molecule has 7 nitrogen and oxygen atoms in total. The second-order valence-electron chi connectivity index (χ2n) is 4.51. The number of hydrogen-bond donors (Lipinski definition) is 2. The van der Waals surface area contributed by atoms with E-state index in [9.17, 15) is 18.5 Å². The van der Waals surface area contributed by atoms with Gasteiger partial charge >= 0.3 is 0 Å². The molecule has 21 heavy (non-hydrogen) atoms. The van der Waals surface area contributed by atoms with Gasteiger partial charge in [0, 0.05) is 19.2 Å². The highest BCUT2D eigenvalue weighted by molar-refractivity contribution is 7.89. The first-order valence-corrected chi connectivity index (χ1v) is 8.20. The zero-order valence-corrected chi connectivity index (χ0v) is 13.1. The quantitative estimate of drug-likeness (QED) is 0.428. The Hall–Kier alpha value is -1.22. The Morgan fingerprint density at radius 3 is 2.57 bits per heavy atom. The van der Waals surface area contributed by atoms with Crippen molar-refractivity contribution in [1.82, 2.24) is 4.72 Å². The molecule has 0 radical (unpaired) electrons. The summed E-state index contributed by atoms with van der Waals surface area (Å²) < 4.78 is 26.7. The Bertz CT molecular complexity index is 618. The van der Waals surface area contributed by atoms with Crippen molar-refractivity contribution in [2.75, 3.05) is 13.2 Å². The molecule has 0 aliphatic rings. The van der Waals surface area contributed by atoms with Crippen LogP contribution < -0.4 is 4.72 Å². The molecule has 0 spiro atoms. The first kappa shape index (κ1) is 17.8. The summed E-state index contributed by atoms with van der Waals surface area (Å²) in [5.74, 6) is 0. The van der Waals surface area contributed by atoms with Crippen LogP contribution in [0.5, 0.6) is 0 Å². The van der Waals surface area contributed by atoms with E-state index in [1.54, 1.807) is 0 Å². The number of nitro groups is 1. The fourth-order valence-electron chi connectivity index (χ4n) is 1.77. The van der Waals surface area contributed by atoms with Gasteiger partial charge in [-0.15, -0.1) is 0 Å². The minimum Gasteiger partial charge on any atom is -0.396 e. The summed E-state index contributed by atoms with van der Waals surface area (Å²) in [6.07, 6.45) is 1.88. The topological polar surface area (TPSA) is 110 Å². The first-order valence-electron chi connectivity index (χ1n) is 6.34. The fraction of sp³-hybridized carbons (Fsp3) is 0.500. The predicted molar refractivity (Wildman–Crippen MR) is 79.0 cm³/mol. The van der Waals surface area contributed by atoms with Gasteiger partial charge in [0.15, 0.2) is 0 Å². The molecule has 0 saturated carbocycles. The van der Waals surface area contributed by atoms with Crippen molar-refractivity contribution in [1.29, 1.82) is 0 Å². The maximum atomic E-state index is 12.1. The van der Waals surface area contributed by atoms with Crippen molar-refractivity contribution in [3.05, 3.63) is 32.8 Å². The van der Waals surface area contributed by atoms with E-state index in [-0.39, 0.29) is 23.1 Å². The molecule has 0 unspecified atom stereocenters. The zero-order chi connectivity index (χ0) is 16.0. The van der Waals surface area contributed by atoms with Gasteiger partial charge in [-0.3, -0.25) is 10.1 Å². The number of rotatable bonds is 8. The Kier molecular flexibility index (Phi) is 6.53. The molecule has 0 saturated heterocycles. The fourth-order valence-corrected chi connectivity index (χ4v) is 3.37. The predicted octanol–water partition coefficient (Wildman–Crippen LogP) is 2.00.